The van der Waals surface area contributed by atoms with Gasteiger partial charge in [-0.25, -0.2) is 4.98 Å². The Kier molecular flexibility index (Phi) is 4.54. The first-order valence-electron chi connectivity index (χ1n) is 7.26. The van der Waals surface area contributed by atoms with Gasteiger partial charge in [0.2, 0.25) is 0 Å². The number of hydrogen-bond acceptors (Lipinski definition) is 5. The van der Waals surface area contributed by atoms with Gasteiger partial charge in [0.25, 0.3) is 5.69 Å². The molecule has 6 nitrogen and oxygen atoms in total. The Labute approximate surface area is 148 Å². The van der Waals surface area contributed by atoms with Gasteiger partial charge in [0, 0.05) is 17.2 Å². The van der Waals surface area contributed by atoms with Gasteiger partial charge in [0.1, 0.15) is 5.75 Å². The summed E-state index contributed by atoms with van der Waals surface area (Å²) in [5.41, 5.74) is 1.11. The third-order valence-corrected chi connectivity index (χ3v) is 3.91. The summed E-state index contributed by atoms with van der Waals surface area (Å²) in [6.07, 6.45) is 1.51. The van der Waals surface area contributed by atoms with Crippen LogP contribution in [-0.4, -0.2) is 17.0 Å². The van der Waals surface area contributed by atoms with E-state index in [1.54, 1.807) is 6.07 Å². The van der Waals surface area contributed by atoms with Crippen LogP contribution in [0.2, 0.25) is 0 Å². The lowest BCUT2D eigenvalue weighted by Crippen LogP contribution is -2.01. The number of rotatable bonds is 4. The van der Waals surface area contributed by atoms with E-state index in [1.165, 1.54) is 19.3 Å². The SMILES string of the molecule is COc1cc(/C=C(\Cl)c2ccc3ccccc3n2)cc([N+](=O)[O-])c1[O-]. The van der Waals surface area contributed by atoms with Crippen molar-refractivity contribution in [2.45, 2.75) is 0 Å². The first-order chi connectivity index (χ1) is 12.0. The lowest BCUT2D eigenvalue weighted by molar-refractivity contribution is -0.398. The van der Waals surface area contributed by atoms with Crippen LogP contribution < -0.4 is 9.84 Å². The summed E-state index contributed by atoms with van der Waals surface area (Å²) in [5, 5.41) is 24.2. The molecule has 0 atom stereocenters. The van der Waals surface area contributed by atoms with E-state index in [1.807, 2.05) is 30.3 Å². The normalized spacial score (nSPS) is 11.5. The lowest BCUT2D eigenvalue weighted by Gasteiger charge is -2.13. The number of fused-ring (bicyclic) bond motifs is 1. The molecule has 0 aliphatic heterocycles. The molecule has 1 heterocycles. The predicted molar refractivity (Wildman–Crippen MR) is 94.6 cm³/mol. The van der Waals surface area contributed by atoms with Gasteiger partial charge in [0.05, 0.1) is 28.3 Å². The number of nitro benzene ring substituents is 1. The molecule has 3 aromatic rings. The van der Waals surface area contributed by atoms with Crippen LogP contribution in [0.25, 0.3) is 22.0 Å². The Balaban J connectivity index is 2.06. The molecule has 0 amide bonds. The van der Waals surface area contributed by atoms with Crippen LogP contribution in [-0.2, 0) is 0 Å². The fourth-order valence-corrected chi connectivity index (χ4v) is 2.63. The predicted octanol–water partition coefficient (Wildman–Crippen LogP) is 3.96. The summed E-state index contributed by atoms with van der Waals surface area (Å²) in [7, 11) is 1.28. The molecule has 0 radical (unpaired) electrons. The number of hydrogen-bond donors (Lipinski definition) is 0. The quantitative estimate of drug-likeness (QED) is 0.522. The van der Waals surface area contributed by atoms with Gasteiger partial charge in [0.15, 0.2) is 0 Å². The standard InChI is InChI=1S/C18H13ClN2O4/c1-25-17-10-11(9-16(18(17)22)21(23)24)8-13(19)15-7-6-12-4-2-3-5-14(12)20-15/h2-10,22H,1H3/p-1/b13-8-. The van der Waals surface area contributed by atoms with E-state index in [2.05, 4.69) is 4.98 Å². The van der Waals surface area contributed by atoms with Crippen LogP contribution in [0, 0.1) is 10.1 Å². The molecule has 0 saturated heterocycles. The summed E-state index contributed by atoms with van der Waals surface area (Å²) in [6, 6.07) is 13.8. The second-order valence-electron chi connectivity index (χ2n) is 5.21. The molecular weight excluding hydrogens is 344 g/mol. The molecule has 0 aliphatic carbocycles. The summed E-state index contributed by atoms with van der Waals surface area (Å²) in [5.74, 6) is -0.888. The van der Waals surface area contributed by atoms with Gasteiger partial charge >= 0.3 is 0 Å². The molecule has 0 unspecified atom stereocenters. The van der Waals surface area contributed by atoms with E-state index in [-0.39, 0.29) is 5.75 Å². The van der Waals surface area contributed by atoms with E-state index in [0.29, 0.717) is 16.3 Å². The highest BCUT2D eigenvalue weighted by atomic mass is 35.5. The highest BCUT2D eigenvalue weighted by Crippen LogP contribution is 2.36. The average molecular weight is 356 g/mol. The van der Waals surface area contributed by atoms with Gasteiger partial charge < -0.3 is 9.84 Å². The third-order valence-electron chi connectivity index (χ3n) is 3.61. The third kappa shape index (κ3) is 3.39. The zero-order chi connectivity index (χ0) is 18.0. The molecule has 7 heteroatoms. The Hall–Kier alpha value is -3.12. The Morgan fingerprint density at radius 1 is 1.24 bits per heavy atom. The first-order valence-corrected chi connectivity index (χ1v) is 7.64. The summed E-state index contributed by atoms with van der Waals surface area (Å²) in [4.78, 5) is 14.7. The second-order valence-corrected chi connectivity index (χ2v) is 5.62. The van der Waals surface area contributed by atoms with Crippen molar-refractivity contribution in [3.63, 3.8) is 0 Å². The van der Waals surface area contributed by atoms with Crippen molar-refractivity contribution < 1.29 is 14.8 Å². The Morgan fingerprint density at radius 3 is 2.72 bits per heavy atom. The number of pyridine rings is 1. The van der Waals surface area contributed by atoms with E-state index in [4.69, 9.17) is 16.3 Å². The van der Waals surface area contributed by atoms with Gasteiger partial charge in [-0.3, -0.25) is 10.1 Å². The van der Waals surface area contributed by atoms with Crippen LogP contribution in [0.5, 0.6) is 11.5 Å². The maximum atomic E-state index is 11.9. The molecule has 2 aromatic carbocycles. The molecule has 0 N–H and O–H groups in total. The van der Waals surface area contributed by atoms with Crippen molar-refractivity contribution in [3.05, 3.63) is 69.9 Å². The number of methoxy groups -OCH3 is 1. The van der Waals surface area contributed by atoms with Gasteiger partial charge in [-0.05, 0) is 29.8 Å². The van der Waals surface area contributed by atoms with E-state index < -0.39 is 16.4 Å². The van der Waals surface area contributed by atoms with Crippen LogP contribution >= 0.6 is 11.6 Å². The zero-order valence-electron chi connectivity index (χ0n) is 13.1. The Bertz CT molecular complexity index is 1000. The fourth-order valence-electron chi connectivity index (χ4n) is 2.40. The summed E-state index contributed by atoms with van der Waals surface area (Å²) >= 11 is 6.32. The molecule has 0 bridgehead atoms. The molecule has 0 saturated carbocycles. The monoisotopic (exact) mass is 355 g/mol. The van der Waals surface area contributed by atoms with Crippen LogP contribution in [0.15, 0.2) is 48.5 Å². The number of halogens is 1. The number of nitro groups is 1. The number of ether oxygens (including phenoxy) is 1. The van der Waals surface area contributed by atoms with Gasteiger partial charge in [-0.15, -0.1) is 0 Å². The largest absolute Gasteiger partial charge is 0.865 e. The van der Waals surface area contributed by atoms with Crippen LogP contribution in [0.3, 0.4) is 0 Å². The average Bonchev–Trinajstić information content (AvgIpc) is 2.62. The van der Waals surface area contributed by atoms with Gasteiger partial charge in [-0.2, -0.15) is 0 Å². The van der Waals surface area contributed by atoms with E-state index >= 15 is 0 Å². The number of nitrogens with zero attached hydrogens (tertiary/aromatic N) is 2. The van der Waals surface area contributed by atoms with Crippen molar-refractivity contribution in [1.29, 1.82) is 0 Å². The summed E-state index contributed by atoms with van der Waals surface area (Å²) < 4.78 is 4.92. The topological polar surface area (TPSA) is 88.3 Å². The lowest BCUT2D eigenvalue weighted by atomic mass is 10.1. The Morgan fingerprint density at radius 2 is 2.00 bits per heavy atom. The van der Waals surface area contributed by atoms with Crippen LogP contribution in [0.1, 0.15) is 11.3 Å². The highest BCUT2D eigenvalue weighted by molar-refractivity contribution is 6.51. The number of benzene rings is 2. The number of para-hydroxylation sites is 1. The minimum Gasteiger partial charge on any atom is -0.865 e. The number of aromatic nitrogens is 1. The van der Waals surface area contributed by atoms with Crippen molar-refractivity contribution in [2.75, 3.05) is 7.11 Å². The molecule has 1 aromatic heterocycles. The highest BCUT2D eigenvalue weighted by Gasteiger charge is 2.13. The molecule has 0 aliphatic rings. The van der Waals surface area contributed by atoms with E-state index in [0.717, 1.165) is 17.0 Å². The van der Waals surface area contributed by atoms with E-state index in [9.17, 15) is 15.2 Å². The molecule has 0 fully saturated rings. The minimum absolute atomic E-state index is 0.114. The smallest absolute Gasteiger partial charge is 0.266 e. The fraction of sp³-hybridized carbons (Fsp3) is 0.0556. The van der Waals surface area contributed by atoms with Crippen molar-refractivity contribution in [3.8, 4) is 11.5 Å². The second kappa shape index (κ2) is 6.78. The maximum Gasteiger partial charge on any atom is 0.266 e. The zero-order valence-corrected chi connectivity index (χ0v) is 13.9. The van der Waals surface area contributed by atoms with Gasteiger partial charge in [-0.1, -0.05) is 35.9 Å². The molecule has 25 heavy (non-hydrogen) atoms. The minimum atomic E-state index is -0.774. The molecule has 126 valence electrons. The van der Waals surface area contributed by atoms with Crippen LogP contribution in [0.4, 0.5) is 5.69 Å². The van der Waals surface area contributed by atoms with Crippen molar-refractivity contribution in [2.24, 2.45) is 0 Å². The molecular formula is C18H12ClN2O4-. The molecule has 3 rings (SSSR count). The first kappa shape index (κ1) is 16.7. The van der Waals surface area contributed by atoms with Crippen molar-refractivity contribution >= 4 is 39.3 Å². The van der Waals surface area contributed by atoms with Crippen molar-refractivity contribution in [1.82, 2.24) is 4.98 Å². The maximum absolute atomic E-state index is 11.9. The summed E-state index contributed by atoms with van der Waals surface area (Å²) in [6.45, 7) is 0. The molecule has 0 spiro atoms.